The zero-order valence-corrected chi connectivity index (χ0v) is 17.1. The smallest absolute Gasteiger partial charge is 0.280 e. The number of rotatable bonds is 4. The lowest BCUT2D eigenvalue weighted by molar-refractivity contribution is 0.0951. The van der Waals surface area contributed by atoms with E-state index in [1.165, 1.54) is 4.68 Å². The highest BCUT2D eigenvalue weighted by atomic mass is 35.5. The predicted molar refractivity (Wildman–Crippen MR) is 122 cm³/mol. The molecule has 0 saturated heterocycles. The molecule has 0 aliphatic heterocycles. The number of H-pyrrole nitrogens is 1. The highest BCUT2D eigenvalue weighted by molar-refractivity contribution is 6.30. The van der Waals surface area contributed by atoms with E-state index in [1.807, 2.05) is 42.5 Å². The first kappa shape index (κ1) is 19.1. The Hall–Kier alpha value is -3.90. The van der Waals surface area contributed by atoms with Crippen LogP contribution < -0.4 is 10.9 Å². The van der Waals surface area contributed by atoms with Crippen LogP contribution in [-0.4, -0.2) is 20.7 Å². The minimum atomic E-state index is -0.210. The Bertz CT molecular complexity index is 1470. The van der Waals surface area contributed by atoms with E-state index < -0.39 is 0 Å². The van der Waals surface area contributed by atoms with Gasteiger partial charge in [0.2, 0.25) is 0 Å². The zero-order valence-electron chi connectivity index (χ0n) is 16.3. The molecule has 5 aromatic rings. The fourth-order valence-corrected chi connectivity index (χ4v) is 3.67. The molecule has 0 unspecified atom stereocenters. The van der Waals surface area contributed by atoms with Gasteiger partial charge in [0.05, 0.1) is 22.1 Å². The van der Waals surface area contributed by atoms with Crippen molar-refractivity contribution >= 4 is 39.3 Å². The van der Waals surface area contributed by atoms with Crippen LogP contribution >= 0.6 is 11.6 Å². The number of halogens is 1. The van der Waals surface area contributed by atoms with Crippen molar-refractivity contribution in [2.75, 3.05) is 0 Å². The summed E-state index contributed by atoms with van der Waals surface area (Å²) in [6.45, 7) is 0.387. The third-order valence-electron chi connectivity index (χ3n) is 5.17. The number of hydrogen-bond acceptors (Lipinski definition) is 3. The van der Waals surface area contributed by atoms with Gasteiger partial charge in [0, 0.05) is 28.7 Å². The Morgan fingerprint density at radius 2 is 1.77 bits per heavy atom. The van der Waals surface area contributed by atoms with E-state index in [0.29, 0.717) is 38.9 Å². The van der Waals surface area contributed by atoms with Gasteiger partial charge < -0.3 is 5.32 Å². The van der Waals surface area contributed by atoms with E-state index in [9.17, 15) is 9.59 Å². The minimum Gasteiger partial charge on any atom is -0.348 e. The summed E-state index contributed by atoms with van der Waals surface area (Å²) in [4.78, 5) is 30.0. The van der Waals surface area contributed by atoms with Crippen molar-refractivity contribution in [1.82, 2.24) is 20.1 Å². The quantitative estimate of drug-likeness (QED) is 0.444. The van der Waals surface area contributed by atoms with E-state index in [0.717, 1.165) is 11.3 Å². The van der Waals surface area contributed by atoms with Crippen LogP contribution in [-0.2, 0) is 6.54 Å². The van der Waals surface area contributed by atoms with Crippen LogP contribution in [0.3, 0.4) is 0 Å². The van der Waals surface area contributed by atoms with Crippen LogP contribution in [0.1, 0.15) is 15.9 Å². The molecule has 3 aromatic carbocycles. The Morgan fingerprint density at radius 1 is 1.00 bits per heavy atom. The monoisotopic (exact) mass is 428 g/mol. The maximum Gasteiger partial charge on any atom is 0.280 e. The Labute approximate surface area is 182 Å². The number of pyridine rings is 1. The third-order valence-corrected chi connectivity index (χ3v) is 5.42. The Kier molecular flexibility index (Phi) is 4.76. The highest BCUT2D eigenvalue weighted by Gasteiger charge is 2.14. The molecule has 0 bridgehead atoms. The summed E-state index contributed by atoms with van der Waals surface area (Å²) in [5.74, 6) is -0.210. The van der Waals surface area contributed by atoms with Crippen molar-refractivity contribution in [2.24, 2.45) is 0 Å². The fourth-order valence-electron chi connectivity index (χ4n) is 3.54. The molecule has 2 heterocycles. The lowest BCUT2D eigenvalue weighted by atomic mass is 10.1. The number of amides is 1. The van der Waals surface area contributed by atoms with Crippen molar-refractivity contribution in [2.45, 2.75) is 6.54 Å². The molecule has 0 saturated carbocycles. The second-order valence-corrected chi connectivity index (χ2v) is 7.61. The molecule has 2 N–H and O–H groups in total. The number of carbonyl (C=O) groups is 1. The molecule has 0 aliphatic carbocycles. The van der Waals surface area contributed by atoms with E-state index in [4.69, 9.17) is 11.6 Å². The molecule has 0 atom stereocenters. The number of carbonyl (C=O) groups excluding carboxylic acids is 1. The van der Waals surface area contributed by atoms with Crippen LogP contribution in [0.15, 0.2) is 83.8 Å². The van der Waals surface area contributed by atoms with E-state index >= 15 is 0 Å². The summed E-state index contributed by atoms with van der Waals surface area (Å²) in [6, 6.07) is 21.9. The third kappa shape index (κ3) is 3.58. The molecule has 31 heavy (non-hydrogen) atoms. The van der Waals surface area contributed by atoms with Gasteiger partial charge >= 0.3 is 0 Å². The summed E-state index contributed by atoms with van der Waals surface area (Å²) in [6.07, 6.45) is 1.57. The first-order valence-corrected chi connectivity index (χ1v) is 10.1. The van der Waals surface area contributed by atoms with Gasteiger partial charge in [-0.2, -0.15) is 0 Å². The maximum absolute atomic E-state index is 12.9. The van der Waals surface area contributed by atoms with E-state index in [2.05, 4.69) is 15.4 Å². The van der Waals surface area contributed by atoms with Gasteiger partial charge in [0.1, 0.15) is 0 Å². The SMILES string of the molecule is O=C(NCc1ccc(Cl)cc1)c1ccc2ncc3c(=O)n(-c4ccccc4)[nH]c3c2c1. The molecular formula is C24H17ClN4O2. The number of fused-ring (bicyclic) bond motifs is 3. The van der Waals surface area contributed by atoms with Crippen molar-refractivity contribution in [3.63, 3.8) is 0 Å². The number of nitrogens with zero attached hydrogens (tertiary/aromatic N) is 2. The molecule has 0 radical (unpaired) electrons. The lowest BCUT2D eigenvalue weighted by Crippen LogP contribution is -2.22. The topological polar surface area (TPSA) is 79.8 Å². The van der Waals surface area contributed by atoms with E-state index in [1.54, 1.807) is 36.5 Å². The molecule has 0 fully saturated rings. The second kappa shape index (κ2) is 7.74. The van der Waals surface area contributed by atoms with E-state index in [-0.39, 0.29) is 11.5 Å². The lowest BCUT2D eigenvalue weighted by Gasteiger charge is -2.07. The van der Waals surface area contributed by atoms with Crippen molar-refractivity contribution in [3.8, 4) is 5.69 Å². The van der Waals surface area contributed by atoms with Crippen LogP contribution in [0.25, 0.3) is 27.5 Å². The van der Waals surface area contributed by atoms with Crippen molar-refractivity contribution in [3.05, 3.63) is 105 Å². The molecule has 152 valence electrons. The molecule has 5 rings (SSSR count). The van der Waals surface area contributed by atoms with Crippen molar-refractivity contribution in [1.29, 1.82) is 0 Å². The van der Waals surface area contributed by atoms with Crippen LogP contribution in [0.2, 0.25) is 5.02 Å². The van der Waals surface area contributed by atoms with Crippen LogP contribution in [0.5, 0.6) is 0 Å². The van der Waals surface area contributed by atoms with Gasteiger partial charge in [-0.25, -0.2) is 4.68 Å². The largest absolute Gasteiger partial charge is 0.348 e. The highest BCUT2D eigenvalue weighted by Crippen LogP contribution is 2.22. The summed E-state index contributed by atoms with van der Waals surface area (Å²) in [7, 11) is 0. The summed E-state index contributed by atoms with van der Waals surface area (Å²) < 4.78 is 1.49. The number of nitrogens with one attached hydrogen (secondary N) is 2. The summed E-state index contributed by atoms with van der Waals surface area (Å²) >= 11 is 5.91. The first-order chi connectivity index (χ1) is 15.1. The molecule has 6 nitrogen and oxygen atoms in total. The minimum absolute atomic E-state index is 0.187. The number of aromatic amines is 1. The Balaban J connectivity index is 1.52. The van der Waals surface area contributed by atoms with Crippen LogP contribution in [0.4, 0.5) is 0 Å². The average Bonchev–Trinajstić information content (AvgIpc) is 3.15. The molecule has 0 aliphatic rings. The molecule has 2 aromatic heterocycles. The number of hydrogen-bond donors (Lipinski definition) is 2. The fraction of sp³-hybridized carbons (Fsp3) is 0.0417. The van der Waals surface area contributed by atoms with Crippen LogP contribution in [0, 0.1) is 0 Å². The predicted octanol–water partition coefficient (Wildman–Crippen LogP) is 4.45. The molecule has 7 heteroatoms. The molecule has 0 spiro atoms. The summed E-state index contributed by atoms with van der Waals surface area (Å²) in [5, 5.41) is 7.91. The van der Waals surface area contributed by atoms with Gasteiger partial charge in [0.25, 0.3) is 11.5 Å². The van der Waals surface area contributed by atoms with Gasteiger partial charge in [-0.1, -0.05) is 41.9 Å². The number of aromatic nitrogens is 3. The zero-order chi connectivity index (χ0) is 21.4. The number of benzene rings is 3. The second-order valence-electron chi connectivity index (χ2n) is 7.18. The van der Waals surface area contributed by atoms with Gasteiger partial charge in [0.15, 0.2) is 0 Å². The maximum atomic E-state index is 12.9. The Morgan fingerprint density at radius 3 is 2.55 bits per heavy atom. The normalized spacial score (nSPS) is 11.1. The standard InChI is InChI=1S/C24H17ClN4O2/c25-17-9-6-15(7-10-17)13-27-23(30)16-8-11-21-19(12-16)22-20(14-26-21)24(31)29(28-22)18-4-2-1-3-5-18/h1-12,14,28H,13H2,(H,27,30). The van der Waals surface area contributed by atoms with Gasteiger partial charge in [-0.15, -0.1) is 0 Å². The molecular weight excluding hydrogens is 412 g/mol. The molecule has 1 amide bonds. The number of para-hydroxylation sites is 1. The first-order valence-electron chi connectivity index (χ1n) is 9.72. The summed E-state index contributed by atoms with van der Waals surface area (Å²) in [5.41, 5.74) is 3.33. The van der Waals surface area contributed by atoms with Gasteiger partial charge in [-0.05, 0) is 48.0 Å². The van der Waals surface area contributed by atoms with Crippen molar-refractivity contribution < 1.29 is 4.79 Å². The van der Waals surface area contributed by atoms with Gasteiger partial charge in [-0.3, -0.25) is 19.7 Å². The average molecular weight is 429 g/mol.